The van der Waals surface area contributed by atoms with Crippen molar-refractivity contribution in [2.45, 2.75) is 0 Å². The molecule has 0 fully saturated rings. The molecule has 1 aromatic carbocycles. The lowest BCUT2D eigenvalue weighted by Crippen LogP contribution is -2.01. The van der Waals surface area contributed by atoms with Gasteiger partial charge in [-0.3, -0.25) is 4.79 Å². The third kappa shape index (κ3) is 1.76. The molecule has 0 heterocycles. The first-order chi connectivity index (χ1) is 6.74. The molecule has 1 rings (SSSR count). The second-order valence-corrected chi connectivity index (χ2v) is 2.61. The standard InChI is InChI=1S/C11H12O3/c1-4-8(12)11-9(13-2)6-5-7-10(11)14-3/h4-7H,1H2,2-3H3. The molecular weight excluding hydrogens is 180 g/mol. The molecule has 0 amide bonds. The second kappa shape index (κ2) is 4.46. The van der Waals surface area contributed by atoms with E-state index in [1.807, 2.05) is 0 Å². The van der Waals surface area contributed by atoms with Crippen molar-refractivity contribution >= 4 is 5.78 Å². The van der Waals surface area contributed by atoms with Gasteiger partial charge in [0.25, 0.3) is 0 Å². The molecule has 3 heteroatoms. The number of hydrogen-bond acceptors (Lipinski definition) is 3. The Balaban J connectivity index is 3.32. The molecule has 0 saturated heterocycles. The van der Waals surface area contributed by atoms with Crippen LogP contribution in [0.1, 0.15) is 10.4 Å². The topological polar surface area (TPSA) is 35.5 Å². The number of benzene rings is 1. The highest BCUT2D eigenvalue weighted by atomic mass is 16.5. The van der Waals surface area contributed by atoms with E-state index in [9.17, 15) is 4.79 Å². The lowest BCUT2D eigenvalue weighted by Gasteiger charge is -2.09. The lowest BCUT2D eigenvalue weighted by atomic mass is 10.1. The first-order valence-corrected chi connectivity index (χ1v) is 4.12. The van der Waals surface area contributed by atoms with E-state index in [1.165, 1.54) is 20.3 Å². The van der Waals surface area contributed by atoms with Crippen LogP contribution in [-0.4, -0.2) is 20.0 Å². The molecule has 14 heavy (non-hydrogen) atoms. The van der Waals surface area contributed by atoms with Gasteiger partial charge in [-0.1, -0.05) is 12.6 Å². The van der Waals surface area contributed by atoms with E-state index < -0.39 is 0 Å². The summed E-state index contributed by atoms with van der Waals surface area (Å²) in [6.07, 6.45) is 1.24. The van der Waals surface area contributed by atoms with Crippen molar-refractivity contribution in [1.29, 1.82) is 0 Å². The van der Waals surface area contributed by atoms with Gasteiger partial charge in [0.2, 0.25) is 0 Å². The maximum Gasteiger partial charge on any atom is 0.192 e. The monoisotopic (exact) mass is 192 g/mol. The average Bonchev–Trinajstić information content (AvgIpc) is 2.26. The van der Waals surface area contributed by atoms with Crippen LogP contribution in [0, 0.1) is 0 Å². The first kappa shape index (κ1) is 10.3. The summed E-state index contributed by atoms with van der Waals surface area (Å²) in [6.45, 7) is 3.43. The molecule has 0 atom stereocenters. The number of ketones is 1. The minimum Gasteiger partial charge on any atom is -0.496 e. The number of ether oxygens (including phenoxy) is 2. The van der Waals surface area contributed by atoms with E-state index in [1.54, 1.807) is 18.2 Å². The predicted molar refractivity (Wildman–Crippen MR) is 54.1 cm³/mol. The summed E-state index contributed by atoms with van der Waals surface area (Å²) in [5.74, 6) is 0.780. The zero-order valence-corrected chi connectivity index (χ0v) is 8.24. The molecule has 3 nitrogen and oxygen atoms in total. The third-order valence-corrected chi connectivity index (χ3v) is 1.86. The Morgan fingerprint density at radius 1 is 1.29 bits per heavy atom. The normalized spacial score (nSPS) is 9.29. The second-order valence-electron chi connectivity index (χ2n) is 2.61. The summed E-state index contributed by atoms with van der Waals surface area (Å²) < 4.78 is 10.1. The predicted octanol–water partition coefficient (Wildman–Crippen LogP) is 2.07. The summed E-state index contributed by atoms with van der Waals surface area (Å²) in [5, 5.41) is 0. The lowest BCUT2D eigenvalue weighted by molar-refractivity contribution is 0.104. The van der Waals surface area contributed by atoms with Crippen molar-refractivity contribution < 1.29 is 14.3 Å². The molecule has 74 valence electrons. The van der Waals surface area contributed by atoms with E-state index >= 15 is 0 Å². The van der Waals surface area contributed by atoms with E-state index in [0.29, 0.717) is 17.1 Å². The largest absolute Gasteiger partial charge is 0.496 e. The van der Waals surface area contributed by atoms with Crippen molar-refractivity contribution in [3.05, 3.63) is 36.4 Å². The molecule has 0 aromatic heterocycles. The van der Waals surface area contributed by atoms with Crippen LogP contribution in [0.5, 0.6) is 11.5 Å². The molecule has 0 aliphatic rings. The molecule has 0 radical (unpaired) electrons. The Morgan fingerprint density at radius 3 is 2.14 bits per heavy atom. The van der Waals surface area contributed by atoms with Crippen LogP contribution in [0.4, 0.5) is 0 Å². The fraction of sp³-hybridized carbons (Fsp3) is 0.182. The Bertz CT molecular complexity index is 333. The van der Waals surface area contributed by atoms with Crippen LogP contribution in [0.25, 0.3) is 0 Å². The van der Waals surface area contributed by atoms with Gasteiger partial charge in [-0.05, 0) is 18.2 Å². The molecular formula is C11H12O3. The number of carbonyl (C=O) groups excluding carboxylic acids is 1. The molecule has 0 aliphatic carbocycles. The molecule has 1 aromatic rings. The van der Waals surface area contributed by atoms with Crippen LogP contribution in [0.2, 0.25) is 0 Å². The fourth-order valence-electron chi connectivity index (χ4n) is 1.20. The van der Waals surface area contributed by atoms with Gasteiger partial charge in [0.05, 0.1) is 14.2 Å². The van der Waals surface area contributed by atoms with Crippen molar-refractivity contribution in [2.75, 3.05) is 14.2 Å². The van der Waals surface area contributed by atoms with Crippen LogP contribution in [0.3, 0.4) is 0 Å². The molecule has 0 N–H and O–H groups in total. The van der Waals surface area contributed by atoms with Gasteiger partial charge in [-0.2, -0.15) is 0 Å². The number of hydrogen-bond donors (Lipinski definition) is 0. The number of rotatable bonds is 4. The van der Waals surface area contributed by atoms with E-state index in [2.05, 4.69) is 6.58 Å². The summed E-state index contributed by atoms with van der Waals surface area (Å²) in [5.41, 5.74) is 0.410. The zero-order valence-electron chi connectivity index (χ0n) is 8.24. The summed E-state index contributed by atoms with van der Waals surface area (Å²) in [4.78, 5) is 11.5. The van der Waals surface area contributed by atoms with Gasteiger partial charge >= 0.3 is 0 Å². The fourth-order valence-corrected chi connectivity index (χ4v) is 1.20. The van der Waals surface area contributed by atoms with Gasteiger partial charge in [-0.15, -0.1) is 0 Å². The van der Waals surface area contributed by atoms with Crippen molar-refractivity contribution in [1.82, 2.24) is 0 Å². The van der Waals surface area contributed by atoms with Gasteiger partial charge in [0.15, 0.2) is 5.78 Å². The number of methoxy groups -OCH3 is 2. The molecule has 0 spiro atoms. The maximum absolute atomic E-state index is 11.5. The van der Waals surface area contributed by atoms with Crippen LogP contribution < -0.4 is 9.47 Å². The maximum atomic E-state index is 11.5. The average molecular weight is 192 g/mol. The van der Waals surface area contributed by atoms with Crippen molar-refractivity contribution in [3.63, 3.8) is 0 Å². The van der Waals surface area contributed by atoms with E-state index in [0.717, 1.165) is 0 Å². The van der Waals surface area contributed by atoms with Crippen molar-refractivity contribution in [3.8, 4) is 11.5 Å². The first-order valence-electron chi connectivity index (χ1n) is 4.12. The Labute approximate surface area is 83.0 Å². The summed E-state index contributed by atoms with van der Waals surface area (Å²) >= 11 is 0. The highest BCUT2D eigenvalue weighted by Gasteiger charge is 2.14. The summed E-state index contributed by atoms with van der Waals surface area (Å²) in [6, 6.07) is 5.18. The highest BCUT2D eigenvalue weighted by molar-refractivity contribution is 6.08. The Hall–Kier alpha value is -1.77. The van der Waals surface area contributed by atoms with Gasteiger partial charge in [0, 0.05) is 0 Å². The Morgan fingerprint density at radius 2 is 1.79 bits per heavy atom. The number of allylic oxidation sites excluding steroid dienone is 1. The van der Waals surface area contributed by atoms with E-state index in [-0.39, 0.29) is 5.78 Å². The van der Waals surface area contributed by atoms with Crippen LogP contribution >= 0.6 is 0 Å². The van der Waals surface area contributed by atoms with Crippen molar-refractivity contribution in [2.24, 2.45) is 0 Å². The number of carbonyl (C=O) groups is 1. The molecule has 0 unspecified atom stereocenters. The molecule has 0 bridgehead atoms. The SMILES string of the molecule is C=CC(=O)c1c(OC)cccc1OC. The molecule has 0 saturated carbocycles. The quantitative estimate of drug-likeness (QED) is 0.541. The minimum atomic E-state index is -0.209. The van der Waals surface area contributed by atoms with Crippen LogP contribution in [-0.2, 0) is 0 Å². The summed E-state index contributed by atoms with van der Waals surface area (Å²) in [7, 11) is 3.02. The highest BCUT2D eigenvalue weighted by Crippen LogP contribution is 2.28. The smallest absolute Gasteiger partial charge is 0.192 e. The van der Waals surface area contributed by atoms with E-state index in [4.69, 9.17) is 9.47 Å². The third-order valence-electron chi connectivity index (χ3n) is 1.86. The van der Waals surface area contributed by atoms with Crippen LogP contribution in [0.15, 0.2) is 30.9 Å². The van der Waals surface area contributed by atoms with Gasteiger partial charge in [0.1, 0.15) is 17.1 Å². The van der Waals surface area contributed by atoms with Gasteiger partial charge in [-0.25, -0.2) is 0 Å². The minimum absolute atomic E-state index is 0.209. The van der Waals surface area contributed by atoms with Gasteiger partial charge < -0.3 is 9.47 Å². The molecule has 0 aliphatic heterocycles. The Kier molecular flexibility index (Phi) is 3.29. The zero-order chi connectivity index (χ0) is 10.6.